The number of benzene rings is 4. The SMILES string of the molecule is Cc1ccc(S(=O)(=O)NC(N)=NCCC[C@H](NC(=O)[C@@H]2CCCN2C(=O)[C@@H](Cc2ccccc2)N(C)C(=O)OCc2ccccc2)C(=O)c2cc3ccccc3s2)cc1. The van der Waals surface area contributed by atoms with E-state index in [1.807, 2.05) is 91.9 Å². The maximum absolute atomic E-state index is 14.5. The second-order valence-electron chi connectivity index (χ2n) is 14.4. The van der Waals surface area contributed by atoms with Gasteiger partial charge in [-0.25, -0.2) is 17.9 Å². The number of ketones is 1. The molecule has 1 aromatic heterocycles. The molecule has 59 heavy (non-hydrogen) atoms. The van der Waals surface area contributed by atoms with Crippen LogP contribution in [0.25, 0.3) is 10.1 Å². The van der Waals surface area contributed by atoms with E-state index >= 15 is 0 Å². The van der Waals surface area contributed by atoms with Gasteiger partial charge in [0, 0.05) is 31.3 Å². The van der Waals surface area contributed by atoms with Crippen LogP contribution in [0, 0.1) is 6.92 Å². The fourth-order valence-electron chi connectivity index (χ4n) is 6.92. The number of sulfonamides is 1. The van der Waals surface area contributed by atoms with Gasteiger partial charge in [0.05, 0.1) is 15.8 Å². The first kappa shape index (κ1) is 42.5. The molecule has 4 aromatic carbocycles. The molecule has 4 N–H and O–H groups in total. The van der Waals surface area contributed by atoms with Crippen LogP contribution >= 0.6 is 11.3 Å². The Morgan fingerprint density at radius 3 is 2.29 bits per heavy atom. The lowest BCUT2D eigenvalue weighted by Gasteiger charge is -2.33. The second-order valence-corrected chi connectivity index (χ2v) is 17.2. The number of nitrogens with zero attached hydrogens (tertiary/aromatic N) is 3. The number of ether oxygens (including phenoxy) is 1. The number of carbonyl (C=O) groups is 4. The summed E-state index contributed by atoms with van der Waals surface area (Å²) in [5.74, 6) is -1.50. The first-order valence-electron chi connectivity index (χ1n) is 19.4. The molecule has 3 amide bonds. The van der Waals surface area contributed by atoms with Crippen molar-refractivity contribution in [1.82, 2.24) is 19.8 Å². The zero-order chi connectivity index (χ0) is 41.9. The van der Waals surface area contributed by atoms with Crippen molar-refractivity contribution < 1.29 is 32.3 Å². The molecule has 1 fully saturated rings. The largest absolute Gasteiger partial charge is 0.445 e. The Hall–Kier alpha value is -6.06. The smallest absolute Gasteiger partial charge is 0.410 e. The predicted octanol–water partition coefficient (Wildman–Crippen LogP) is 5.82. The number of Topliss-reactive ketones (excluding diaryl/α,β-unsaturated/α-hetero) is 1. The van der Waals surface area contributed by atoms with Gasteiger partial charge in [0.15, 0.2) is 5.78 Å². The van der Waals surface area contributed by atoms with E-state index in [1.165, 1.54) is 40.3 Å². The number of rotatable bonds is 16. The number of hydrogen-bond acceptors (Lipinski definition) is 9. The standard InChI is InChI=1S/C44H48N6O7S2/c1-30-21-23-34(24-22-30)59(55,56)48-43(45)46-25-11-18-35(40(51)39-28-33-17-9-10-20-38(33)58-39)47-41(52)36-19-12-26-50(36)42(53)37(27-31-13-5-3-6-14-31)49(2)44(54)57-29-32-15-7-4-8-16-32/h3-10,13-17,20-24,28,35-37H,11-12,18-19,25-27,29H2,1-2H3,(H,47,52)(H3,45,46,48)/t35-,36-,37+/m0/s1. The predicted molar refractivity (Wildman–Crippen MR) is 228 cm³/mol. The summed E-state index contributed by atoms with van der Waals surface area (Å²) in [7, 11) is -2.43. The summed E-state index contributed by atoms with van der Waals surface area (Å²) in [6.45, 7) is 2.23. The Bertz CT molecular complexity index is 2360. The molecule has 13 nitrogen and oxygen atoms in total. The van der Waals surface area contributed by atoms with Gasteiger partial charge >= 0.3 is 6.09 Å². The highest BCUT2D eigenvalue weighted by molar-refractivity contribution is 7.90. The van der Waals surface area contributed by atoms with Gasteiger partial charge in [-0.15, -0.1) is 11.3 Å². The lowest BCUT2D eigenvalue weighted by Crippen LogP contribution is -2.56. The number of likely N-dealkylation sites (N-methyl/N-ethyl adjacent to an activating group) is 1. The molecule has 0 aliphatic carbocycles. The molecule has 6 rings (SSSR count). The summed E-state index contributed by atoms with van der Waals surface area (Å²) in [5.41, 5.74) is 8.49. The number of carbonyl (C=O) groups excluding carboxylic acids is 4. The maximum Gasteiger partial charge on any atom is 0.410 e. The molecule has 3 atom stereocenters. The summed E-state index contributed by atoms with van der Waals surface area (Å²) >= 11 is 1.32. The van der Waals surface area contributed by atoms with E-state index in [1.54, 1.807) is 18.2 Å². The van der Waals surface area contributed by atoms with E-state index in [9.17, 15) is 27.6 Å². The molecule has 0 unspecified atom stereocenters. The van der Waals surface area contributed by atoms with Crippen molar-refractivity contribution in [3.05, 3.63) is 137 Å². The summed E-state index contributed by atoms with van der Waals surface area (Å²) < 4.78 is 34.4. The van der Waals surface area contributed by atoms with Crippen LogP contribution in [0.15, 0.2) is 125 Å². The first-order valence-corrected chi connectivity index (χ1v) is 21.7. The quantitative estimate of drug-likeness (QED) is 0.0481. The summed E-state index contributed by atoms with van der Waals surface area (Å²) in [6.07, 6.45) is 0.863. The highest BCUT2D eigenvalue weighted by Gasteiger charge is 2.41. The Kier molecular flexibility index (Phi) is 14.1. The summed E-state index contributed by atoms with van der Waals surface area (Å²) in [6, 6.07) is 31.4. The van der Waals surface area contributed by atoms with Gasteiger partial charge in [0.2, 0.25) is 17.8 Å². The van der Waals surface area contributed by atoms with E-state index in [2.05, 4.69) is 15.0 Å². The average molecular weight is 837 g/mol. The highest BCUT2D eigenvalue weighted by atomic mass is 32.2. The fourth-order valence-corrected chi connectivity index (χ4v) is 8.93. The number of fused-ring (bicyclic) bond motifs is 1. The molecule has 1 saturated heterocycles. The van der Waals surface area contributed by atoms with Crippen LogP contribution in [0.5, 0.6) is 0 Å². The number of amides is 3. The van der Waals surface area contributed by atoms with Gasteiger partial charge in [0.25, 0.3) is 10.0 Å². The van der Waals surface area contributed by atoms with E-state index in [0.717, 1.165) is 26.8 Å². The van der Waals surface area contributed by atoms with Gasteiger partial charge in [0.1, 0.15) is 18.7 Å². The number of hydrogen-bond donors (Lipinski definition) is 3. The average Bonchev–Trinajstić information content (AvgIpc) is 3.92. The Morgan fingerprint density at radius 1 is 0.932 bits per heavy atom. The van der Waals surface area contributed by atoms with Crippen molar-refractivity contribution >= 4 is 61.1 Å². The highest BCUT2D eigenvalue weighted by Crippen LogP contribution is 2.28. The van der Waals surface area contributed by atoms with Gasteiger partial charge in [-0.3, -0.25) is 24.3 Å². The Morgan fingerprint density at radius 2 is 1.59 bits per heavy atom. The van der Waals surface area contributed by atoms with E-state index in [-0.39, 0.29) is 55.6 Å². The number of likely N-dealkylation sites (tertiary alicyclic amines) is 1. The Balaban J connectivity index is 1.17. The van der Waals surface area contributed by atoms with Crippen LogP contribution in [0.2, 0.25) is 0 Å². The monoisotopic (exact) mass is 836 g/mol. The minimum atomic E-state index is -3.96. The number of guanidine groups is 1. The van der Waals surface area contributed by atoms with Crippen LogP contribution in [-0.2, 0) is 37.4 Å². The molecule has 308 valence electrons. The number of nitrogens with one attached hydrogen (secondary N) is 2. The zero-order valence-corrected chi connectivity index (χ0v) is 34.6. The molecular weight excluding hydrogens is 789 g/mol. The molecule has 0 radical (unpaired) electrons. The van der Waals surface area contributed by atoms with Crippen molar-refractivity contribution in [2.24, 2.45) is 10.7 Å². The van der Waals surface area contributed by atoms with Crippen LogP contribution in [0.1, 0.15) is 52.0 Å². The van der Waals surface area contributed by atoms with Crippen molar-refractivity contribution in [1.29, 1.82) is 0 Å². The van der Waals surface area contributed by atoms with E-state index in [4.69, 9.17) is 10.5 Å². The van der Waals surface area contributed by atoms with Crippen LogP contribution < -0.4 is 15.8 Å². The molecule has 1 aliphatic heterocycles. The third-order valence-corrected chi connectivity index (χ3v) is 12.7. The maximum atomic E-state index is 14.5. The van der Waals surface area contributed by atoms with Gasteiger partial charge < -0.3 is 20.7 Å². The summed E-state index contributed by atoms with van der Waals surface area (Å²) in [5, 5.41) is 3.84. The van der Waals surface area contributed by atoms with Crippen LogP contribution in [0.3, 0.4) is 0 Å². The number of aryl methyl sites for hydroxylation is 1. The normalized spacial score (nSPS) is 15.3. The van der Waals surface area contributed by atoms with E-state index in [0.29, 0.717) is 17.7 Å². The fraction of sp³-hybridized carbons (Fsp3) is 0.295. The van der Waals surface area contributed by atoms with Gasteiger partial charge in [-0.05, 0) is 73.4 Å². The third-order valence-electron chi connectivity index (χ3n) is 10.2. The van der Waals surface area contributed by atoms with E-state index < -0.39 is 46.1 Å². The van der Waals surface area contributed by atoms with Crippen molar-refractivity contribution in [2.45, 2.75) is 68.7 Å². The third kappa shape index (κ3) is 11.1. The minimum absolute atomic E-state index is 0.0289. The van der Waals surface area contributed by atoms with Crippen molar-refractivity contribution in [3.8, 4) is 0 Å². The first-order chi connectivity index (χ1) is 28.4. The molecule has 0 spiro atoms. The van der Waals surface area contributed by atoms with Gasteiger partial charge in [-0.2, -0.15) is 0 Å². The summed E-state index contributed by atoms with van der Waals surface area (Å²) in [4.78, 5) is 63.6. The number of aliphatic imine (C=N–C) groups is 1. The lowest BCUT2D eigenvalue weighted by atomic mass is 10.0. The Labute approximate surface area is 348 Å². The second kappa shape index (κ2) is 19.6. The lowest BCUT2D eigenvalue weighted by molar-refractivity contribution is -0.142. The number of thiophene rings is 1. The molecule has 2 heterocycles. The number of nitrogens with two attached hydrogens (primary N) is 1. The van der Waals surface area contributed by atoms with Crippen molar-refractivity contribution in [3.63, 3.8) is 0 Å². The molecule has 1 aliphatic rings. The molecule has 0 saturated carbocycles. The van der Waals surface area contributed by atoms with Crippen molar-refractivity contribution in [2.75, 3.05) is 20.1 Å². The molecule has 15 heteroatoms. The van der Waals surface area contributed by atoms with Crippen LogP contribution in [-0.4, -0.2) is 86.1 Å². The molecule has 5 aromatic rings. The van der Waals surface area contributed by atoms with Gasteiger partial charge in [-0.1, -0.05) is 96.6 Å². The minimum Gasteiger partial charge on any atom is -0.445 e. The zero-order valence-electron chi connectivity index (χ0n) is 33.0. The van der Waals surface area contributed by atoms with Crippen LogP contribution in [0.4, 0.5) is 4.79 Å². The molecule has 0 bridgehead atoms. The topological polar surface area (TPSA) is 181 Å². The molecular formula is C44H48N6O7S2.